The lowest BCUT2D eigenvalue weighted by Gasteiger charge is -2.12. The molecule has 1 N–H and O–H groups in total. The van der Waals surface area contributed by atoms with Gasteiger partial charge >= 0.3 is 0 Å². The molecule has 1 atom stereocenters. The van der Waals surface area contributed by atoms with E-state index in [0.29, 0.717) is 6.04 Å². The molecule has 0 aliphatic heterocycles. The van der Waals surface area contributed by atoms with Gasteiger partial charge in [0, 0.05) is 20.1 Å². The van der Waals surface area contributed by atoms with Gasteiger partial charge in [-0.2, -0.15) is 0 Å². The van der Waals surface area contributed by atoms with Crippen LogP contribution in [0.2, 0.25) is 0 Å². The van der Waals surface area contributed by atoms with Crippen molar-refractivity contribution in [2.75, 3.05) is 6.54 Å². The zero-order valence-corrected chi connectivity index (χ0v) is 12.9. The lowest BCUT2D eigenvalue weighted by molar-refractivity contribution is 0.576. The first-order chi connectivity index (χ1) is 8.15. The lowest BCUT2D eigenvalue weighted by atomic mass is 10.1. The van der Waals surface area contributed by atoms with Crippen LogP contribution in [0.25, 0.3) is 10.1 Å². The zero-order chi connectivity index (χ0) is 12.4. The predicted molar refractivity (Wildman–Crippen MR) is 81.0 cm³/mol. The Morgan fingerprint density at radius 3 is 2.82 bits per heavy atom. The van der Waals surface area contributed by atoms with Crippen molar-refractivity contribution in [3.8, 4) is 0 Å². The minimum atomic E-state index is 0.444. The van der Waals surface area contributed by atoms with E-state index in [0.717, 1.165) is 6.54 Å². The van der Waals surface area contributed by atoms with E-state index in [9.17, 15) is 0 Å². The Labute approximate surface area is 115 Å². The predicted octanol–water partition coefficient (Wildman–Crippen LogP) is 5.03. The molecule has 17 heavy (non-hydrogen) atoms. The first-order valence-corrected chi connectivity index (χ1v) is 7.67. The van der Waals surface area contributed by atoms with E-state index in [1.807, 2.05) is 11.3 Å². The van der Waals surface area contributed by atoms with Crippen LogP contribution in [-0.2, 0) is 0 Å². The third-order valence-electron chi connectivity index (χ3n) is 3.05. The number of nitrogens with one attached hydrogen (secondary N) is 1. The van der Waals surface area contributed by atoms with Gasteiger partial charge < -0.3 is 5.32 Å². The quantitative estimate of drug-likeness (QED) is 0.834. The van der Waals surface area contributed by atoms with Gasteiger partial charge in [0.05, 0.1) is 0 Å². The molecule has 3 heteroatoms. The Balaban J connectivity index is 2.41. The second-order valence-corrected chi connectivity index (χ2v) is 6.29. The molecule has 1 unspecified atom stereocenters. The van der Waals surface area contributed by atoms with E-state index < -0.39 is 0 Å². The van der Waals surface area contributed by atoms with E-state index in [4.69, 9.17) is 0 Å². The molecule has 2 aromatic rings. The van der Waals surface area contributed by atoms with Gasteiger partial charge in [-0.25, -0.2) is 0 Å². The van der Waals surface area contributed by atoms with Gasteiger partial charge in [0.25, 0.3) is 0 Å². The van der Waals surface area contributed by atoms with Gasteiger partial charge in [-0.05, 0) is 59.8 Å². The molecule has 1 heterocycles. The second kappa shape index (κ2) is 5.51. The van der Waals surface area contributed by atoms with E-state index in [1.54, 1.807) is 0 Å². The van der Waals surface area contributed by atoms with Crippen LogP contribution < -0.4 is 5.32 Å². The summed E-state index contributed by atoms with van der Waals surface area (Å²) in [6.07, 6.45) is 1.18. The average molecular weight is 312 g/mol. The van der Waals surface area contributed by atoms with Crippen LogP contribution in [-0.4, -0.2) is 6.54 Å². The number of halogens is 1. The molecule has 1 nitrogen and oxygen atoms in total. The Hall–Kier alpha value is -0.380. The van der Waals surface area contributed by atoms with Crippen LogP contribution in [0.4, 0.5) is 0 Å². The van der Waals surface area contributed by atoms with E-state index >= 15 is 0 Å². The van der Waals surface area contributed by atoms with Crippen LogP contribution in [0, 0.1) is 6.92 Å². The number of benzene rings is 1. The van der Waals surface area contributed by atoms with Gasteiger partial charge in [0.15, 0.2) is 0 Å². The van der Waals surface area contributed by atoms with Crippen LogP contribution in [0.15, 0.2) is 22.7 Å². The summed E-state index contributed by atoms with van der Waals surface area (Å²) in [5, 5.41) is 4.94. The lowest BCUT2D eigenvalue weighted by Crippen LogP contribution is -2.18. The van der Waals surface area contributed by atoms with E-state index in [-0.39, 0.29) is 0 Å². The molecule has 0 aliphatic carbocycles. The van der Waals surface area contributed by atoms with Crippen molar-refractivity contribution in [3.05, 3.63) is 33.1 Å². The largest absolute Gasteiger partial charge is 0.309 e. The van der Waals surface area contributed by atoms with Crippen molar-refractivity contribution in [1.29, 1.82) is 0 Å². The molecular weight excluding hydrogens is 294 g/mol. The molecule has 1 aromatic heterocycles. The normalized spacial score (nSPS) is 13.2. The fraction of sp³-hybridized carbons (Fsp3) is 0.429. The summed E-state index contributed by atoms with van der Waals surface area (Å²) in [5.41, 5.74) is 1.42. The van der Waals surface area contributed by atoms with Gasteiger partial charge in [-0.3, -0.25) is 0 Å². The Bertz CT molecular complexity index is 518. The van der Waals surface area contributed by atoms with Gasteiger partial charge in [-0.15, -0.1) is 11.3 Å². The van der Waals surface area contributed by atoms with Crippen molar-refractivity contribution >= 4 is 37.4 Å². The van der Waals surface area contributed by atoms with Crippen LogP contribution in [0.3, 0.4) is 0 Å². The molecule has 2 rings (SSSR count). The smallest absolute Gasteiger partial charge is 0.0491 e. The fourth-order valence-electron chi connectivity index (χ4n) is 2.09. The number of aryl methyl sites for hydroxylation is 1. The maximum atomic E-state index is 3.64. The van der Waals surface area contributed by atoms with Crippen molar-refractivity contribution in [2.24, 2.45) is 0 Å². The minimum absolute atomic E-state index is 0.444. The standard InChI is InChI=1S/C14H18BrNS/c1-4-8-16-10(3)13-9(2)11-6-5-7-12(15)14(11)17-13/h5-7,10,16H,4,8H2,1-3H3. The van der Waals surface area contributed by atoms with Crippen molar-refractivity contribution < 1.29 is 0 Å². The maximum absolute atomic E-state index is 3.64. The molecular formula is C14H18BrNS. The molecule has 1 aromatic carbocycles. The summed E-state index contributed by atoms with van der Waals surface area (Å²) in [6, 6.07) is 6.88. The highest BCUT2D eigenvalue weighted by Crippen LogP contribution is 2.38. The van der Waals surface area contributed by atoms with Crippen molar-refractivity contribution in [2.45, 2.75) is 33.2 Å². The van der Waals surface area contributed by atoms with Gasteiger partial charge in [-0.1, -0.05) is 19.1 Å². The van der Waals surface area contributed by atoms with Crippen molar-refractivity contribution in [3.63, 3.8) is 0 Å². The molecule has 0 saturated heterocycles. The number of hydrogen-bond acceptors (Lipinski definition) is 2. The topological polar surface area (TPSA) is 12.0 Å². The van der Waals surface area contributed by atoms with Gasteiger partial charge in [0.1, 0.15) is 0 Å². The highest BCUT2D eigenvalue weighted by atomic mass is 79.9. The summed E-state index contributed by atoms with van der Waals surface area (Å²) < 4.78 is 2.57. The van der Waals surface area contributed by atoms with Crippen LogP contribution >= 0.6 is 27.3 Å². The molecule has 92 valence electrons. The first kappa shape index (κ1) is 13.1. The Kier molecular flexibility index (Phi) is 4.23. The second-order valence-electron chi connectivity index (χ2n) is 4.38. The molecule has 0 fully saturated rings. The Morgan fingerprint density at radius 1 is 1.41 bits per heavy atom. The average Bonchev–Trinajstić information content (AvgIpc) is 2.66. The molecule has 0 aliphatic rings. The van der Waals surface area contributed by atoms with Crippen LogP contribution in [0.5, 0.6) is 0 Å². The highest BCUT2D eigenvalue weighted by molar-refractivity contribution is 9.10. The molecule has 0 spiro atoms. The highest BCUT2D eigenvalue weighted by Gasteiger charge is 2.14. The third-order valence-corrected chi connectivity index (χ3v) is 5.49. The van der Waals surface area contributed by atoms with E-state index in [2.05, 4.69) is 60.2 Å². The fourth-order valence-corrected chi connectivity index (χ4v) is 3.94. The number of rotatable bonds is 4. The first-order valence-electron chi connectivity index (χ1n) is 6.06. The summed E-state index contributed by atoms with van der Waals surface area (Å²) >= 11 is 5.54. The molecule has 0 bridgehead atoms. The number of thiophene rings is 1. The molecule has 0 amide bonds. The number of fused-ring (bicyclic) bond motifs is 1. The van der Waals surface area contributed by atoms with Crippen molar-refractivity contribution in [1.82, 2.24) is 5.32 Å². The third kappa shape index (κ3) is 2.56. The molecule has 0 saturated carbocycles. The van der Waals surface area contributed by atoms with E-state index in [1.165, 1.54) is 31.4 Å². The maximum Gasteiger partial charge on any atom is 0.0491 e. The number of hydrogen-bond donors (Lipinski definition) is 1. The van der Waals surface area contributed by atoms with Crippen LogP contribution in [0.1, 0.15) is 36.8 Å². The summed E-state index contributed by atoms with van der Waals surface area (Å²) in [6.45, 7) is 7.76. The minimum Gasteiger partial charge on any atom is -0.309 e. The Morgan fingerprint density at radius 2 is 2.18 bits per heavy atom. The summed E-state index contributed by atoms with van der Waals surface area (Å²) in [7, 11) is 0. The zero-order valence-electron chi connectivity index (χ0n) is 10.5. The van der Waals surface area contributed by atoms with Gasteiger partial charge in [0.2, 0.25) is 0 Å². The summed E-state index contributed by atoms with van der Waals surface area (Å²) in [5.74, 6) is 0. The molecule has 0 radical (unpaired) electrons. The SMILES string of the molecule is CCCNC(C)c1sc2c(Br)cccc2c1C. The monoisotopic (exact) mass is 311 g/mol. The summed E-state index contributed by atoms with van der Waals surface area (Å²) in [4.78, 5) is 1.46.